The minimum atomic E-state index is -0.222. The van der Waals surface area contributed by atoms with E-state index in [0.29, 0.717) is 6.42 Å². The Kier molecular flexibility index (Phi) is 4.57. The van der Waals surface area contributed by atoms with Crippen molar-refractivity contribution in [3.63, 3.8) is 0 Å². The van der Waals surface area contributed by atoms with Gasteiger partial charge in [0.15, 0.2) is 0 Å². The van der Waals surface area contributed by atoms with Crippen LogP contribution in [0.3, 0.4) is 0 Å². The molecule has 1 fully saturated rings. The molecule has 1 rings (SSSR count). The van der Waals surface area contributed by atoms with Crippen LogP contribution < -0.4 is 0 Å². The summed E-state index contributed by atoms with van der Waals surface area (Å²) in [5, 5.41) is 8.67. The van der Waals surface area contributed by atoms with Crippen LogP contribution in [-0.2, 0) is 4.79 Å². The average molecular weight is 209 g/mol. The molecule has 0 aliphatic carbocycles. The van der Waals surface area contributed by atoms with E-state index in [0.717, 1.165) is 32.5 Å². The van der Waals surface area contributed by atoms with E-state index in [1.807, 2.05) is 16.8 Å². The maximum absolute atomic E-state index is 12.0. The van der Waals surface area contributed by atoms with E-state index in [4.69, 9.17) is 5.26 Å². The van der Waals surface area contributed by atoms with Gasteiger partial charge in [-0.3, -0.25) is 9.69 Å². The number of piperazine rings is 1. The highest BCUT2D eigenvalue weighted by Gasteiger charge is 2.31. The van der Waals surface area contributed by atoms with Crippen molar-refractivity contribution < 1.29 is 4.79 Å². The van der Waals surface area contributed by atoms with Crippen molar-refractivity contribution in [1.82, 2.24) is 9.80 Å². The summed E-state index contributed by atoms with van der Waals surface area (Å²) in [7, 11) is 1.91. The molecule has 1 atom stereocenters. The molecule has 4 heteroatoms. The van der Waals surface area contributed by atoms with Crippen LogP contribution in [0.2, 0.25) is 0 Å². The van der Waals surface area contributed by atoms with Gasteiger partial charge in [-0.15, -0.1) is 0 Å². The van der Waals surface area contributed by atoms with Gasteiger partial charge in [0.05, 0.1) is 12.5 Å². The molecule has 0 aromatic heterocycles. The molecular weight excluding hydrogens is 190 g/mol. The summed E-state index contributed by atoms with van der Waals surface area (Å²) in [6, 6.07) is 1.86. The van der Waals surface area contributed by atoms with E-state index in [1.165, 1.54) is 0 Å². The van der Waals surface area contributed by atoms with Gasteiger partial charge in [-0.2, -0.15) is 5.26 Å². The second-order valence-corrected chi connectivity index (χ2v) is 4.04. The number of amides is 1. The van der Waals surface area contributed by atoms with Gasteiger partial charge in [0.2, 0.25) is 5.91 Å². The Bertz CT molecular complexity index is 257. The van der Waals surface area contributed by atoms with E-state index in [-0.39, 0.29) is 11.9 Å². The van der Waals surface area contributed by atoms with E-state index < -0.39 is 0 Å². The summed E-state index contributed by atoms with van der Waals surface area (Å²) < 4.78 is 0. The fraction of sp³-hybridized carbons (Fsp3) is 0.818. The number of nitriles is 1. The summed E-state index contributed by atoms with van der Waals surface area (Å²) in [6.07, 6.45) is 2.45. The molecular formula is C11H19N3O. The Morgan fingerprint density at radius 2 is 2.27 bits per heavy atom. The molecule has 1 aliphatic rings. The maximum Gasteiger partial charge on any atom is 0.241 e. The molecule has 84 valence electrons. The fourth-order valence-corrected chi connectivity index (χ4v) is 1.84. The van der Waals surface area contributed by atoms with E-state index in [9.17, 15) is 4.79 Å². The standard InChI is InChI=1S/C11H19N3O/c1-3-4-7-14-9-8-13(2)10(5-6-12)11(14)15/h10H,3-5,7-9H2,1-2H3. The van der Waals surface area contributed by atoms with Gasteiger partial charge in [-0.05, 0) is 13.5 Å². The van der Waals surface area contributed by atoms with Crippen molar-refractivity contribution in [2.75, 3.05) is 26.7 Å². The van der Waals surface area contributed by atoms with Crippen molar-refractivity contribution >= 4 is 5.91 Å². The highest BCUT2D eigenvalue weighted by Crippen LogP contribution is 2.12. The lowest BCUT2D eigenvalue weighted by molar-refractivity contribution is -0.140. The second kappa shape index (κ2) is 5.72. The summed E-state index contributed by atoms with van der Waals surface area (Å²) in [6.45, 7) is 4.64. The Hall–Kier alpha value is -1.08. The zero-order valence-corrected chi connectivity index (χ0v) is 9.57. The predicted molar refractivity (Wildman–Crippen MR) is 58.1 cm³/mol. The lowest BCUT2D eigenvalue weighted by Gasteiger charge is -2.37. The Morgan fingerprint density at radius 3 is 2.87 bits per heavy atom. The third-order valence-corrected chi connectivity index (χ3v) is 2.92. The van der Waals surface area contributed by atoms with Gasteiger partial charge in [0, 0.05) is 19.6 Å². The van der Waals surface area contributed by atoms with Gasteiger partial charge in [0.1, 0.15) is 6.04 Å². The molecule has 1 amide bonds. The Balaban J connectivity index is 2.56. The summed E-state index contributed by atoms with van der Waals surface area (Å²) in [5.74, 6) is 0.124. The number of hydrogen-bond donors (Lipinski definition) is 0. The average Bonchev–Trinajstić information content (AvgIpc) is 2.23. The van der Waals surface area contributed by atoms with Crippen LogP contribution in [0.15, 0.2) is 0 Å². The number of unbranched alkanes of at least 4 members (excludes halogenated alkanes) is 1. The molecule has 1 aliphatic heterocycles. The largest absolute Gasteiger partial charge is 0.340 e. The van der Waals surface area contributed by atoms with Gasteiger partial charge < -0.3 is 4.90 Å². The summed E-state index contributed by atoms with van der Waals surface area (Å²) >= 11 is 0. The summed E-state index contributed by atoms with van der Waals surface area (Å²) in [4.78, 5) is 15.8. The van der Waals surface area contributed by atoms with E-state index in [2.05, 4.69) is 13.0 Å². The molecule has 0 N–H and O–H groups in total. The third-order valence-electron chi connectivity index (χ3n) is 2.92. The first-order valence-corrected chi connectivity index (χ1v) is 5.56. The SMILES string of the molecule is CCCCN1CCN(C)C(CC#N)C1=O. The molecule has 0 aromatic carbocycles. The first-order chi connectivity index (χ1) is 7.20. The Labute approximate surface area is 91.5 Å². The van der Waals surface area contributed by atoms with Gasteiger partial charge in [-0.1, -0.05) is 13.3 Å². The zero-order chi connectivity index (χ0) is 11.3. The molecule has 0 aromatic rings. The van der Waals surface area contributed by atoms with Crippen molar-refractivity contribution in [2.45, 2.75) is 32.2 Å². The molecule has 4 nitrogen and oxygen atoms in total. The molecule has 1 heterocycles. The second-order valence-electron chi connectivity index (χ2n) is 4.04. The minimum Gasteiger partial charge on any atom is -0.340 e. The normalized spacial score (nSPS) is 22.9. The number of nitrogens with zero attached hydrogens (tertiary/aromatic N) is 3. The van der Waals surface area contributed by atoms with Gasteiger partial charge in [-0.25, -0.2) is 0 Å². The van der Waals surface area contributed by atoms with Crippen molar-refractivity contribution in [2.24, 2.45) is 0 Å². The molecule has 1 saturated heterocycles. The van der Waals surface area contributed by atoms with Gasteiger partial charge in [0.25, 0.3) is 0 Å². The topological polar surface area (TPSA) is 47.3 Å². The number of likely N-dealkylation sites (N-methyl/N-ethyl adjacent to an activating group) is 1. The first-order valence-electron chi connectivity index (χ1n) is 5.56. The van der Waals surface area contributed by atoms with Crippen LogP contribution >= 0.6 is 0 Å². The van der Waals surface area contributed by atoms with Crippen molar-refractivity contribution in [1.29, 1.82) is 5.26 Å². The van der Waals surface area contributed by atoms with Crippen LogP contribution in [-0.4, -0.2) is 48.4 Å². The highest BCUT2D eigenvalue weighted by atomic mass is 16.2. The van der Waals surface area contributed by atoms with Crippen molar-refractivity contribution in [3.8, 4) is 6.07 Å². The molecule has 0 radical (unpaired) electrons. The smallest absolute Gasteiger partial charge is 0.241 e. The lowest BCUT2D eigenvalue weighted by atomic mass is 10.1. The number of rotatable bonds is 4. The lowest BCUT2D eigenvalue weighted by Crippen LogP contribution is -2.55. The highest BCUT2D eigenvalue weighted by molar-refractivity contribution is 5.82. The number of carbonyl (C=O) groups is 1. The van der Waals surface area contributed by atoms with E-state index in [1.54, 1.807) is 0 Å². The third kappa shape index (κ3) is 2.93. The number of hydrogen-bond acceptors (Lipinski definition) is 3. The fourth-order valence-electron chi connectivity index (χ4n) is 1.84. The molecule has 1 unspecified atom stereocenters. The minimum absolute atomic E-state index is 0.124. The molecule has 0 spiro atoms. The predicted octanol–water partition coefficient (Wildman–Crippen LogP) is 0.843. The first kappa shape index (κ1) is 12.0. The van der Waals surface area contributed by atoms with E-state index >= 15 is 0 Å². The van der Waals surface area contributed by atoms with Crippen molar-refractivity contribution in [3.05, 3.63) is 0 Å². The zero-order valence-electron chi connectivity index (χ0n) is 9.57. The molecule has 0 bridgehead atoms. The Morgan fingerprint density at radius 1 is 1.53 bits per heavy atom. The van der Waals surface area contributed by atoms with Crippen LogP contribution in [0.4, 0.5) is 0 Å². The molecule has 15 heavy (non-hydrogen) atoms. The van der Waals surface area contributed by atoms with Crippen LogP contribution in [0.1, 0.15) is 26.2 Å². The summed E-state index contributed by atoms with van der Waals surface area (Å²) in [5.41, 5.74) is 0. The monoisotopic (exact) mass is 209 g/mol. The van der Waals surface area contributed by atoms with Crippen LogP contribution in [0.25, 0.3) is 0 Å². The van der Waals surface area contributed by atoms with Crippen LogP contribution in [0, 0.1) is 11.3 Å². The quantitative estimate of drug-likeness (QED) is 0.689. The number of carbonyl (C=O) groups excluding carboxylic acids is 1. The molecule has 0 saturated carbocycles. The van der Waals surface area contributed by atoms with Gasteiger partial charge >= 0.3 is 0 Å². The van der Waals surface area contributed by atoms with Crippen LogP contribution in [0.5, 0.6) is 0 Å². The maximum atomic E-state index is 12.0.